The van der Waals surface area contributed by atoms with Gasteiger partial charge in [-0.25, -0.2) is 4.39 Å². The van der Waals surface area contributed by atoms with E-state index in [1.807, 2.05) is 18.2 Å². The van der Waals surface area contributed by atoms with Gasteiger partial charge in [-0.05, 0) is 108 Å². The van der Waals surface area contributed by atoms with Crippen molar-refractivity contribution in [3.8, 4) is 5.75 Å². The molecule has 0 N–H and O–H groups in total. The molecule has 3 aliphatic rings. The third-order valence-electron chi connectivity index (χ3n) is 9.05. The average Bonchev–Trinajstić information content (AvgIpc) is 2.99. The summed E-state index contributed by atoms with van der Waals surface area (Å²) in [5.41, 5.74) is 4.49. The molecule has 0 unspecified atom stereocenters. The van der Waals surface area contributed by atoms with Crippen molar-refractivity contribution in [1.82, 2.24) is 0 Å². The van der Waals surface area contributed by atoms with Crippen LogP contribution in [0.5, 0.6) is 5.75 Å². The van der Waals surface area contributed by atoms with E-state index in [9.17, 15) is 9.18 Å². The molecule has 2 fully saturated rings. The second kappa shape index (κ2) is 6.93. The van der Waals surface area contributed by atoms with Gasteiger partial charge in [-0.2, -0.15) is 0 Å². The summed E-state index contributed by atoms with van der Waals surface area (Å²) in [6.07, 6.45) is 7.12. The Morgan fingerprint density at radius 2 is 1.80 bits per heavy atom. The van der Waals surface area contributed by atoms with Gasteiger partial charge in [0.15, 0.2) is 0 Å². The van der Waals surface area contributed by atoms with Gasteiger partial charge in [0.25, 0.3) is 0 Å². The van der Waals surface area contributed by atoms with Crippen molar-refractivity contribution >= 4 is 5.97 Å². The molecular formula is C27H31FO2. The third-order valence-corrected chi connectivity index (χ3v) is 9.05. The zero-order chi connectivity index (χ0) is 21.1. The molecular weight excluding hydrogens is 375 g/mol. The number of hydrogen-bond acceptors (Lipinski definition) is 2. The predicted molar refractivity (Wildman–Crippen MR) is 116 cm³/mol. The van der Waals surface area contributed by atoms with Gasteiger partial charge in [0.1, 0.15) is 11.6 Å². The van der Waals surface area contributed by atoms with Crippen LogP contribution in [0.15, 0.2) is 42.5 Å². The highest BCUT2D eigenvalue weighted by Gasteiger charge is 2.60. The SMILES string of the molecule is CC(=O)Oc1ccc2c(c1)CC[C@@H]1[C@@H]2CC[C@@]2(C)[C@H]1CC[C@]2(C)c1ccc(F)cc1. The zero-order valence-electron chi connectivity index (χ0n) is 18.2. The van der Waals surface area contributed by atoms with Crippen molar-refractivity contribution in [2.75, 3.05) is 0 Å². The van der Waals surface area contributed by atoms with Crippen LogP contribution in [0.2, 0.25) is 0 Å². The van der Waals surface area contributed by atoms with Crippen LogP contribution in [0.1, 0.15) is 75.5 Å². The molecule has 158 valence electrons. The van der Waals surface area contributed by atoms with Gasteiger partial charge in [-0.15, -0.1) is 0 Å². The number of hydrogen-bond donors (Lipinski definition) is 0. The van der Waals surface area contributed by atoms with E-state index in [1.54, 1.807) is 12.1 Å². The number of benzene rings is 2. The number of aryl methyl sites for hydroxylation is 1. The molecule has 0 saturated heterocycles. The molecule has 2 aromatic rings. The number of fused-ring (bicyclic) bond motifs is 5. The monoisotopic (exact) mass is 406 g/mol. The van der Waals surface area contributed by atoms with Gasteiger partial charge >= 0.3 is 5.97 Å². The average molecular weight is 407 g/mol. The highest BCUT2D eigenvalue weighted by atomic mass is 19.1. The van der Waals surface area contributed by atoms with Crippen molar-refractivity contribution < 1.29 is 13.9 Å². The van der Waals surface area contributed by atoms with E-state index in [0.29, 0.717) is 23.5 Å². The number of carbonyl (C=O) groups excluding carboxylic acids is 1. The molecule has 30 heavy (non-hydrogen) atoms. The third kappa shape index (κ3) is 2.85. The normalized spacial score (nSPS) is 34.6. The molecule has 3 aliphatic carbocycles. The second-order valence-electron chi connectivity index (χ2n) is 10.2. The molecule has 2 nitrogen and oxygen atoms in total. The zero-order valence-corrected chi connectivity index (χ0v) is 18.2. The minimum atomic E-state index is -0.261. The summed E-state index contributed by atoms with van der Waals surface area (Å²) in [4.78, 5) is 11.3. The summed E-state index contributed by atoms with van der Waals surface area (Å²) in [6.45, 7) is 6.38. The summed E-state index contributed by atoms with van der Waals surface area (Å²) in [5, 5.41) is 0. The van der Waals surface area contributed by atoms with E-state index < -0.39 is 0 Å². The molecule has 0 aromatic heterocycles. The summed E-state index contributed by atoms with van der Waals surface area (Å²) in [7, 11) is 0. The first-order chi connectivity index (χ1) is 14.3. The molecule has 0 bridgehead atoms. The Balaban J connectivity index is 1.45. The lowest BCUT2D eigenvalue weighted by Crippen LogP contribution is -2.47. The Morgan fingerprint density at radius 3 is 2.53 bits per heavy atom. The highest BCUT2D eigenvalue weighted by molar-refractivity contribution is 5.69. The van der Waals surface area contributed by atoms with E-state index in [-0.39, 0.29) is 22.6 Å². The van der Waals surface area contributed by atoms with E-state index in [4.69, 9.17) is 4.74 Å². The minimum absolute atomic E-state index is 0.107. The Labute approximate surface area is 178 Å². The number of carbonyl (C=O) groups is 1. The van der Waals surface area contributed by atoms with Gasteiger partial charge < -0.3 is 4.74 Å². The number of esters is 1. The van der Waals surface area contributed by atoms with Crippen LogP contribution in [-0.2, 0) is 16.6 Å². The van der Waals surface area contributed by atoms with Crippen molar-refractivity contribution in [1.29, 1.82) is 0 Å². The molecule has 0 aliphatic heterocycles. The fraction of sp³-hybridized carbons (Fsp3) is 0.519. The van der Waals surface area contributed by atoms with E-state index >= 15 is 0 Å². The van der Waals surface area contributed by atoms with Gasteiger partial charge in [0.2, 0.25) is 0 Å². The van der Waals surface area contributed by atoms with Gasteiger partial charge in [0.05, 0.1) is 0 Å². The number of halogens is 1. The molecule has 0 amide bonds. The van der Waals surface area contributed by atoms with Crippen molar-refractivity contribution in [3.05, 3.63) is 65.0 Å². The molecule has 0 radical (unpaired) electrons. The first kappa shape index (κ1) is 19.8. The van der Waals surface area contributed by atoms with Crippen LogP contribution < -0.4 is 4.74 Å². The molecule has 0 heterocycles. The van der Waals surface area contributed by atoms with Crippen LogP contribution >= 0.6 is 0 Å². The molecule has 5 atom stereocenters. The minimum Gasteiger partial charge on any atom is -0.427 e. The van der Waals surface area contributed by atoms with E-state index in [2.05, 4.69) is 26.0 Å². The highest BCUT2D eigenvalue weighted by Crippen LogP contribution is 2.67. The quantitative estimate of drug-likeness (QED) is 0.417. The van der Waals surface area contributed by atoms with Crippen molar-refractivity contribution in [3.63, 3.8) is 0 Å². The lowest BCUT2D eigenvalue weighted by molar-refractivity contribution is -0.131. The fourth-order valence-electron chi connectivity index (χ4n) is 7.35. The lowest BCUT2D eigenvalue weighted by atomic mass is 9.50. The Morgan fingerprint density at radius 1 is 1.03 bits per heavy atom. The van der Waals surface area contributed by atoms with Crippen LogP contribution in [0, 0.1) is 23.1 Å². The van der Waals surface area contributed by atoms with Crippen molar-refractivity contribution in [2.24, 2.45) is 17.3 Å². The number of ether oxygens (including phenoxy) is 1. The topological polar surface area (TPSA) is 26.3 Å². The largest absolute Gasteiger partial charge is 0.427 e. The second-order valence-corrected chi connectivity index (χ2v) is 10.2. The summed E-state index contributed by atoms with van der Waals surface area (Å²) in [6, 6.07) is 13.5. The van der Waals surface area contributed by atoms with Crippen LogP contribution in [-0.4, -0.2) is 5.97 Å². The molecule has 2 saturated carbocycles. The maximum Gasteiger partial charge on any atom is 0.308 e. The fourth-order valence-corrected chi connectivity index (χ4v) is 7.35. The first-order valence-corrected chi connectivity index (χ1v) is 11.4. The van der Waals surface area contributed by atoms with Gasteiger partial charge in [0, 0.05) is 6.92 Å². The Kier molecular flexibility index (Phi) is 4.57. The van der Waals surface area contributed by atoms with Crippen LogP contribution in [0.25, 0.3) is 0 Å². The van der Waals surface area contributed by atoms with Crippen molar-refractivity contribution in [2.45, 2.75) is 70.6 Å². The lowest BCUT2D eigenvalue weighted by Gasteiger charge is -2.54. The maximum absolute atomic E-state index is 13.6. The van der Waals surface area contributed by atoms with E-state index in [0.717, 1.165) is 6.42 Å². The predicted octanol–water partition coefficient (Wildman–Crippen LogP) is 6.57. The van der Waals surface area contributed by atoms with Gasteiger partial charge in [-0.1, -0.05) is 32.0 Å². The maximum atomic E-state index is 13.6. The Hall–Kier alpha value is -2.16. The molecule has 0 spiro atoms. The Bertz CT molecular complexity index is 981. The molecule has 3 heteroatoms. The van der Waals surface area contributed by atoms with Gasteiger partial charge in [-0.3, -0.25) is 4.79 Å². The summed E-state index contributed by atoms with van der Waals surface area (Å²) in [5.74, 6) is 2.27. The van der Waals surface area contributed by atoms with Crippen LogP contribution in [0.4, 0.5) is 4.39 Å². The summed E-state index contributed by atoms with van der Waals surface area (Å²) < 4.78 is 18.9. The van der Waals surface area contributed by atoms with Crippen LogP contribution in [0.3, 0.4) is 0 Å². The standard InChI is InChI=1S/C27H31FO2/c1-17(29)30-21-9-11-22-18(16-21)4-10-24-23(22)12-14-27(3)25(24)13-15-26(27,2)19-5-7-20(28)8-6-19/h5-9,11,16,23-25H,4,10,12-15H2,1-3H3/t23-,24-,25+,26-,27+/m1/s1. The summed E-state index contributed by atoms with van der Waals surface area (Å²) >= 11 is 0. The molecule has 2 aromatic carbocycles. The smallest absolute Gasteiger partial charge is 0.308 e. The first-order valence-electron chi connectivity index (χ1n) is 11.4. The molecule has 5 rings (SSSR count). The van der Waals surface area contributed by atoms with E-state index in [1.165, 1.54) is 55.7 Å². The number of rotatable bonds is 2.